The van der Waals surface area contributed by atoms with Gasteiger partial charge >= 0.3 is 17.9 Å². The van der Waals surface area contributed by atoms with Gasteiger partial charge in [0.05, 0.1) is 37.8 Å². The van der Waals surface area contributed by atoms with Crippen molar-refractivity contribution < 1.29 is 38.8 Å². The van der Waals surface area contributed by atoms with E-state index >= 15 is 0 Å². The fourth-order valence-corrected chi connectivity index (χ4v) is 14.2. The zero-order valence-corrected chi connectivity index (χ0v) is 68.3. The number of allylic oxidation sites excluding steroid dienone is 8. The summed E-state index contributed by atoms with van der Waals surface area (Å²) in [6.07, 6.45) is 87.2. The number of nitrogens with zero attached hydrogens (tertiary/aromatic N) is 2. The highest BCUT2D eigenvalue weighted by molar-refractivity contribution is 5.76. The van der Waals surface area contributed by atoms with E-state index in [1.165, 1.54) is 205 Å². The minimum atomic E-state index is -0.934. The van der Waals surface area contributed by atoms with E-state index in [-0.39, 0.29) is 49.0 Å². The number of rotatable bonds is 81. The van der Waals surface area contributed by atoms with Gasteiger partial charge in [0, 0.05) is 6.54 Å². The molecule has 0 aliphatic rings. The van der Waals surface area contributed by atoms with Gasteiger partial charge in [0.2, 0.25) is 0 Å². The van der Waals surface area contributed by atoms with Gasteiger partial charge in [-0.25, -0.2) is 0 Å². The van der Waals surface area contributed by atoms with Gasteiger partial charge in [-0.15, -0.1) is 0 Å². The molecule has 4 atom stereocenters. The maximum atomic E-state index is 14.6. The summed E-state index contributed by atoms with van der Waals surface area (Å²) in [5.41, 5.74) is 0. The maximum absolute atomic E-state index is 14.6. The summed E-state index contributed by atoms with van der Waals surface area (Å²) in [5.74, 6) is -0.0497. The van der Waals surface area contributed by atoms with E-state index in [1.807, 2.05) is 11.9 Å². The smallest absolute Gasteiger partial charge is 0.323 e. The van der Waals surface area contributed by atoms with E-state index in [2.05, 4.69) is 95.1 Å². The van der Waals surface area contributed by atoms with Gasteiger partial charge in [-0.05, 0) is 181 Å². The number of hydrogen-bond donors (Lipinski definition) is 2. The standard InChI is InChI=1S/C91H172N2O8/c1-8-14-20-26-30-32-34-36-38-40-42-44-46-48-52-62-74-87(75-63-53-49-47-45-43-41-39-37-35-33-31-27-21-15-9-2)101-91(98)88(92(7)82-86(95)83-94)76-64-67-79-93(77-65-54-56-68-80-99-89(96)84(70-58-24-18-12-5)72-60-50-28-22-16-10-3)78-66-55-57-69-81-100-90(97)85(71-59-25-19-13-6)73-61-51-29-23-17-11-4/h30-33,36-39,84-88,94-95H,8-29,34-35,40-83H2,1-7H3/b32-30+,33-31+,38-36+,39-37+. The van der Waals surface area contributed by atoms with Crippen LogP contribution < -0.4 is 0 Å². The lowest BCUT2D eigenvalue weighted by atomic mass is 9.94. The highest BCUT2D eigenvalue weighted by Gasteiger charge is 2.29. The summed E-state index contributed by atoms with van der Waals surface area (Å²) in [5, 5.41) is 20.6. The number of likely N-dealkylation sites (N-methyl/N-ethyl adjacent to an activating group) is 1. The fourth-order valence-electron chi connectivity index (χ4n) is 14.2. The number of unbranched alkanes of at least 4 members (excludes halogenated alkanes) is 41. The summed E-state index contributed by atoms with van der Waals surface area (Å²) in [4.78, 5) is 46.0. The minimum Gasteiger partial charge on any atom is -0.465 e. The van der Waals surface area contributed by atoms with Crippen molar-refractivity contribution in [2.45, 2.75) is 451 Å². The monoisotopic (exact) mass is 1420 g/mol. The number of hydrogen-bond acceptors (Lipinski definition) is 10. The zero-order valence-electron chi connectivity index (χ0n) is 68.3. The molecule has 0 bridgehead atoms. The number of carbonyl (C=O) groups excluding carboxylic acids is 3. The molecule has 0 spiro atoms. The van der Waals surface area contributed by atoms with Crippen LogP contribution in [0.3, 0.4) is 0 Å². The number of aliphatic hydroxyl groups excluding tert-OH is 2. The van der Waals surface area contributed by atoms with Crippen LogP contribution in [-0.4, -0.2) is 109 Å². The third kappa shape index (κ3) is 67.6. The second-order valence-electron chi connectivity index (χ2n) is 30.8. The Morgan fingerprint density at radius 3 is 0.970 bits per heavy atom. The van der Waals surface area contributed by atoms with E-state index in [1.54, 1.807) is 0 Å². The molecule has 0 saturated carbocycles. The predicted molar refractivity (Wildman–Crippen MR) is 437 cm³/mol. The molecule has 594 valence electrons. The van der Waals surface area contributed by atoms with Crippen LogP contribution in [0.1, 0.15) is 433 Å². The molecule has 0 aromatic heterocycles. The minimum absolute atomic E-state index is 0.0292. The Balaban J connectivity index is 5.96. The maximum Gasteiger partial charge on any atom is 0.323 e. The average molecular weight is 1420 g/mol. The first-order valence-corrected chi connectivity index (χ1v) is 44.5. The first-order valence-electron chi connectivity index (χ1n) is 44.5. The molecule has 0 aliphatic carbocycles. The number of esters is 3. The van der Waals surface area contributed by atoms with Crippen molar-refractivity contribution in [1.29, 1.82) is 0 Å². The highest BCUT2D eigenvalue weighted by atomic mass is 16.5. The largest absolute Gasteiger partial charge is 0.465 e. The van der Waals surface area contributed by atoms with Crippen molar-refractivity contribution in [2.75, 3.05) is 53.0 Å². The Labute approximate surface area is 628 Å². The van der Waals surface area contributed by atoms with Crippen LogP contribution in [0.2, 0.25) is 0 Å². The molecule has 101 heavy (non-hydrogen) atoms. The molecule has 0 radical (unpaired) electrons. The first-order chi connectivity index (χ1) is 49.6. The van der Waals surface area contributed by atoms with Crippen LogP contribution in [0.5, 0.6) is 0 Å². The lowest BCUT2D eigenvalue weighted by Crippen LogP contribution is -2.45. The molecule has 0 amide bonds. The summed E-state index contributed by atoms with van der Waals surface area (Å²) in [7, 11) is 1.91. The molecule has 0 saturated heterocycles. The lowest BCUT2D eigenvalue weighted by Gasteiger charge is -2.30. The Bertz CT molecular complexity index is 1750. The van der Waals surface area contributed by atoms with Crippen molar-refractivity contribution in [3.05, 3.63) is 48.6 Å². The summed E-state index contributed by atoms with van der Waals surface area (Å²) in [6.45, 7) is 17.4. The third-order valence-corrected chi connectivity index (χ3v) is 21.0. The lowest BCUT2D eigenvalue weighted by molar-refractivity contribution is -0.157. The van der Waals surface area contributed by atoms with E-state index in [9.17, 15) is 24.6 Å². The van der Waals surface area contributed by atoms with Crippen LogP contribution in [0.25, 0.3) is 0 Å². The molecule has 10 heteroatoms. The van der Waals surface area contributed by atoms with Crippen LogP contribution in [0.15, 0.2) is 48.6 Å². The van der Waals surface area contributed by atoms with Gasteiger partial charge in [-0.2, -0.15) is 0 Å². The fraction of sp³-hybridized carbons (Fsp3) is 0.879. The molecule has 0 aromatic rings. The van der Waals surface area contributed by atoms with Crippen LogP contribution in [0.4, 0.5) is 0 Å². The molecule has 0 fully saturated rings. The molecule has 4 unspecified atom stereocenters. The highest BCUT2D eigenvalue weighted by Crippen LogP contribution is 2.25. The number of carbonyl (C=O) groups is 3. The summed E-state index contributed by atoms with van der Waals surface area (Å²) in [6, 6.07) is -0.499. The van der Waals surface area contributed by atoms with E-state index in [0.717, 1.165) is 199 Å². The van der Waals surface area contributed by atoms with Crippen molar-refractivity contribution in [3.63, 3.8) is 0 Å². The molecule has 0 heterocycles. The Morgan fingerprint density at radius 1 is 0.327 bits per heavy atom. The average Bonchev–Trinajstić information content (AvgIpc) is 0.911. The molecule has 0 aromatic carbocycles. The van der Waals surface area contributed by atoms with Crippen molar-refractivity contribution in [2.24, 2.45) is 11.8 Å². The SMILES string of the molecule is CCCCC/C=C/C/C=C/CCCCCCCCC(CCCCCCCC/C=C/C/C=C/CCCCC)OC(=O)C(CCCCN(CCCCCCOC(=O)C(CCCCCC)CCCCCCCC)CCCCCCOC(=O)C(CCCCCC)CCCCCCCC)N(C)CC(O)CO. The zero-order chi connectivity index (χ0) is 73.6. The van der Waals surface area contributed by atoms with E-state index in [0.29, 0.717) is 19.6 Å². The predicted octanol–water partition coefficient (Wildman–Crippen LogP) is 26.3. The van der Waals surface area contributed by atoms with Crippen LogP contribution in [-0.2, 0) is 28.6 Å². The van der Waals surface area contributed by atoms with Crippen LogP contribution >= 0.6 is 0 Å². The normalized spacial score (nSPS) is 13.4. The second-order valence-corrected chi connectivity index (χ2v) is 30.8. The molecule has 10 nitrogen and oxygen atoms in total. The van der Waals surface area contributed by atoms with Gasteiger partial charge in [0.15, 0.2) is 0 Å². The first kappa shape index (κ1) is 98.2. The molecule has 0 rings (SSSR count). The molecular weight excluding hydrogens is 1250 g/mol. The second kappa shape index (κ2) is 79.8. The van der Waals surface area contributed by atoms with Gasteiger partial charge < -0.3 is 29.3 Å². The van der Waals surface area contributed by atoms with Crippen molar-refractivity contribution in [1.82, 2.24) is 9.80 Å². The topological polar surface area (TPSA) is 126 Å². The molecule has 0 aliphatic heterocycles. The molecular formula is C91H172N2O8. The van der Waals surface area contributed by atoms with E-state index < -0.39 is 12.1 Å². The van der Waals surface area contributed by atoms with E-state index in [4.69, 9.17) is 14.2 Å². The van der Waals surface area contributed by atoms with Crippen LogP contribution in [0, 0.1) is 11.8 Å². The van der Waals surface area contributed by atoms with Crippen molar-refractivity contribution >= 4 is 17.9 Å². The third-order valence-electron chi connectivity index (χ3n) is 21.0. The summed E-state index contributed by atoms with van der Waals surface area (Å²) >= 11 is 0. The molecule has 2 N–H and O–H groups in total. The number of ether oxygens (including phenoxy) is 3. The number of aliphatic hydroxyl groups is 2. The van der Waals surface area contributed by atoms with Gasteiger partial charge in [0.1, 0.15) is 12.1 Å². The Hall–Kier alpha value is -2.79. The van der Waals surface area contributed by atoms with Gasteiger partial charge in [0.25, 0.3) is 0 Å². The Morgan fingerprint density at radius 2 is 0.604 bits per heavy atom. The van der Waals surface area contributed by atoms with Gasteiger partial charge in [-0.3, -0.25) is 19.3 Å². The Kier molecular flexibility index (Phi) is 77.6. The van der Waals surface area contributed by atoms with Crippen molar-refractivity contribution in [3.8, 4) is 0 Å². The van der Waals surface area contributed by atoms with Gasteiger partial charge in [-0.1, -0.05) is 328 Å². The summed E-state index contributed by atoms with van der Waals surface area (Å²) < 4.78 is 18.6. The quantitative estimate of drug-likeness (QED) is 0.0263.